The van der Waals surface area contributed by atoms with Crippen molar-refractivity contribution in [2.24, 2.45) is 0 Å². The molecule has 11 nitrogen and oxygen atoms in total. The van der Waals surface area contributed by atoms with Gasteiger partial charge >= 0.3 is 0 Å². The molecule has 0 unspecified atom stereocenters. The van der Waals surface area contributed by atoms with Gasteiger partial charge in [-0.15, -0.1) is 10.0 Å². The second-order valence-electron chi connectivity index (χ2n) is 4.35. The van der Waals surface area contributed by atoms with Crippen molar-refractivity contribution in [2.45, 2.75) is 11.5 Å². The van der Waals surface area contributed by atoms with Gasteiger partial charge in [0.15, 0.2) is 10.1 Å². The predicted molar refractivity (Wildman–Crippen MR) is 50.0 cm³/mol. The van der Waals surface area contributed by atoms with Crippen LogP contribution in [-0.4, -0.2) is 68.2 Å². The molecule has 0 aromatic rings. The molecule has 2 bridgehead atoms. The summed E-state index contributed by atoms with van der Waals surface area (Å²) in [7, 11) is 0. The van der Waals surface area contributed by atoms with Gasteiger partial charge in [0.1, 0.15) is 26.2 Å². The molecule has 0 aliphatic carbocycles. The van der Waals surface area contributed by atoms with Crippen LogP contribution in [0.25, 0.3) is 0 Å². The molecule has 2 saturated heterocycles. The van der Waals surface area contributed by atoms with Crippen molar-refractivity contribution in [1.82, 2.24) is 15.4 Å². The summed E-state index contributed by atoms with van der Waals surface area (Å²) in [4.78, 5) is 21.3. The molecule has 0 aromatic heterocycles. The number of ether oxygens (including phenoxy) is 1. The average Bonchev–Trinajstić information content (AvgIpc) is 2.25. The zero-order valence-corrected chi connectivity index (χ0v) is 9.31. The van der Waals surface area contributed by atoms with Crippen LogP contribution in [0.1, 0.15) is 0 Å². The molecule has 19 heavy (non-hydrogen) atoms. The highest BCUT2D eigenvalue weighted by Crippen LogP contribution is 2.36. The van der Waals surface area contributed by atoms with E-state index < -0.39 is 53.1 Å². The Morgan fingerprint density at radius 3 is 1.84 bits per heavy atom. The van der Waals surface area contributed by atoms with Crippen molar-refractivity contribution < 1.29 is 28.9 Å². The van der Waals surface area contributed by atoms with E-state index in [0.29, 0.717) is 10.0 Å². The number of nitro groups is 2. The zero-order valence-electron chi connectivity index (χ0n) is 9.31. The molecule has 1 N–H and O–H groups in total. The Morgan fingerprint density at radius 2 is 1.53 bits per heavy atom. The second kappa shape index (κ2) is 4.07. The van der Waals surface area contributed by atoms with E-state index in [-0.39, 0.29) is 0 Å². The van der Waals surface area contributed by atoms with Crippen LogP contribution in [0.4, 0.5) is 8.96 Å². The van der Waals surface area contributed by atoms with E-state index in [9.17, 15) is 34.3 Å². The maximum atomic E-state index is 12.9. The van der Waals surface area contributed by atoms with Crippen molar-refractivity contribution in [3.63, 3.8) is 0 Å². The number of hydrogen-bond acceptors (Lipinski definition) is 7. The average molecular weight is 285 g/mol. The Labute approximate surface area is 103 Å². The van der Waals surface area contributed by atoms with Crippen molar-refractivity contribution in [3.8, 4) is 0 Å². The zero-order chi connectivity index (χ0) is 14.4. The molecule has 2 aliphatic rings. The summed E-state index contributed by atoms with van der Waals surface area (Å²) < 4.78 is 30.6. The maximum absolute atomic E-state index is 12.9. The number of fused-ring (bicyclic) bond motifs is 2. The summed E-state index contributed by atoms with van der Waals surface area (Å²) >= 11 is 0. The van der Waals surface area contributed by atoms with E-state index in [4.69, 9.17) is 4.74 Å². The van der Waals surface area contributed by atoms with E-state index in [1.165, 1.54) is 0 Å². The number of rotatable bonds is 3. The van der Waals surface area contributed by atoms with Crippen LogP contribution in [-0.2, 0) is 4.74 Å². The highest BCUT2D eigenvalue weighted by molar-refractivity contribution is 4.94. The minimum Gasteiger partial charge on any atom is -0.362 e. The second-order valence-corrected chi connectivity index (χ2v) is 4.35. The van der Waals surface area contributed by atoms with Gasteiger partial charge in [0, 0.05) is 0 Å². The first-order chi connectivity index (χ1) is 8.67. The summed E-state index contributed by atoms with van der Waals surface area (Å²) in [5.41, 5.74) is -2.63. The van der Waals surface area contributed by atoms with Gasteiger partial charge in [0.2, 0.25) is 11.5 Å². The molecule has 0 atom stereocenters. The molecule has 0 saturated carbocycles. The topological polar surface area (TPSA) is 125 Å². The van der Waals surface area contributed by atoms with Gasteiger partial charge in [-0.25, -0.2) is 20.2 Å². The van der Waals surface area contributed by atoms with E-state index in [0.717, 1.165) is 0 Å². The van der Waals surface area contributed by atoms with Crippen LogP contribution in [0.15, 0.2) is 0 Å². The Kier molecular flexibility index (Phi) is 2.91. The standard InChI is InChI=1S/C6H9F2N5O6/c7-11(8)5-1-9(12(15)16)3-6(14,19-5)4-10(2-5)13(17)18/h14H,1-4H2. The Hall–Kier alpha value is -1.86. The highest BCUT2D eigenvalue weighted by Gasteiger charge is 2.63. The number of nitrogens with zero attached hydrogens (tertiary/aromatic N) is 5. The third-order valence-corrected chi connectivity index (χ3v) is 2.87. The van der Waals surface area contributed by atoms with Crippen LogP contribution in [0.3, 0.4) is 0 Å². The summed E-state index contributed by atoms with van der Waals surface area (Å²) in [5, 5.41) is 28.5. The lowest BCUT2D eigenvalue weighted by Crippen LogP contribution is -2.76. The maximum Gasteiger partial charge on any atom is 0.230 e. The number of halogens is 2. The van der Waals surface area contributed by atoms with Gasteiger partial charge in [0.25, 0.3) is 0 Å². The van der Waals surface area contributed by atoms with Gasteiger partial charge in [0.05, 0.1) is 5.34 Å². The van der Waals surface area contributed by atoms with E-state index >= 15 is 0 Å². The largest absolute Gasteiger partial charge is 0.362 e. The lowest BCUT2D eigenvalue weighted by Gasteiger charge is -2.50. The molecule has 2 heterocycles. The lowest BCUT2D eigenvalue weighted by atomic mass is 10.0. The summed E-state index contributed by atoms with van der Waals surface area (Å²) in [6.45, 7) is -3.33. The summed E-state index contributed by atoms with van der Waals surface area (Å²) in [6, 6.07) is 0. The first-order valence-corrected chi connectivity index (χ1v) is 5.00. The smallest absolute Gasteiger partial charge is 0.230 e. The Morgan fingerprint density at radius 1 is 1.11 bits per heavy atom. The predicted octanol–water partition coefficient (Wildman–Crippen LogP) is -1.53. The minimum absolute atomic E-state index is 0.340. The normalized spacial score (nSPS) is 34.5. The molecule has 13 heteroatoms. The fourth-order valence-corrected chi connectivity index (χ4v) is 2.21. The molecule has 0 aromatic carbocycles. The molecule has 108 valence electrons. The molecular formula is C6H9F2N5O6. The molecule has 2 fully saturated rings. The third kappa shape index (κ3) is 2.22. The minimum atomic E-state index is -2.63. The lowest BCUT2D eigenvalue weighted by molar-refractivity contribution is -0.708. The fourth-order valence-electron chi connectivity index (χ4n) is 2.21. The molecular weight excluding hydrogens is 276 g/mol. The van der Waals surface area contributed by atoms with Gasteiger partial charge < -0.3 is 9.84 Å². The van der Waals surface area contributed by atoms with Gasteiger partial charge in [-0.2, -0.15) is 0 Å². The van der Waals surface area contributed by atoms with E-state index in [1.54, 1.807) is 0 Å². The third-order valence-electron chi connectivity index (χ3n) is 2.87. The Balaban J connectivity index is 2.35. The molecule has 0 spiro atoms. The number of hydrazine groups is 2. The monoisotopic (exact) mass is 285 g/mol. The number of β-amino-alcohol motifs (C(OH)–C–C–N with tert-alkyl or cyclic N) is 1. The van der Waals surface area contributed by atoms with Crippen molar-refractivity contribution in [1.29, 1.82) is 0 Å². The summed E-state index contributed by atoms with van der Waals surface area (Å²) in [5.74, 6) is -2.42. The van der Waals surface area contributed by atoms with E-state index in [1.807, 2.05) is 0 Å². The van der Waals surface area contributed by atoms with Crippen molar-refractivity contribution in [3.05, 3.63) is 20.2 Å². The quantitative estimate of drug-likeness (QED) is 0.373. The van der Waals surface area contributed by atoms with Gasteiger partial charge in [-0.3, -0.25) is 0 Å². The fraction of sp³-hybridized carbons (Fsp3) is 1.00. The molecule has 0 amide bonds. The number of morpholine rings is 2. The van der Waals surface area contributed by atoms with Crippen LogP contribution >= 0.6 is 0 Å². The van der Waals surface area contributed by atoms with Crippen LogP contribution in [0, 0.1) is 20.2 Å². The molecule has 0 radical (unpaired) electrons. The first kappa shape index (κ1) is 13.6. The van der Waals surface area contributed by atoms with Crippen LogP contribution in [0.5, 0.6) is 0 Å². The summed E-state index contributed by atoms with van der Waals surface area (Å²) in [6.07, 6.45) is 0. The van der Waals surface area contributed by atoms with E-state index in [2.05, 4.69) is 0 Å². The van der Waals surface area contributed by atoms with Crippen molar-refractivity contribution >= 4 is 0 Å². The number of aliphatic hydroxyl groups is 1. The SMILES string of the molecule is O=[N+]([O-])N1CC2(O)CN([N+](=O)[O-])CC(N(F)F)(C1)O2. The molecule has 2 rings (SSSR count). The van der Waals surface area contributed by atoms with Gasteiger partial charge in [-0.1, -0.05) is 8.96 Å². The van der Waals surface area contributed by atoms with Crippen molar-refractivity contribution in [2.75, 3.05) is 26.2 Å². The first-order valence-electron chi connectivity index (χ1n) is 5.00. The molecule has 2 aliphatic heterocycles. The number of hydrogen-bond donors (Lipinski definition) is 1. The Bertz CT molecular complexity index is 395. The highest BCUT2D eigenvalue weighted by atomic mass is 19.4. The van der Waals surface area contributed by atoms with Crippen LogP contribution < -0.4 is 0 Å². The van der Waals surface area contributed by atoms with Gasteiger partial charge in [-0.05, 0) is 0 Å². The van der Waals surface area contributed by atoms with Crippen LogP contribution in [0.2, 0.25) is 0 Å².